The molecule has 2 saturated heterocycles. The van der Waals surface area contributed by atoms with E-state index in [1.807, 2.05) is 60.7 Å². The number of carbonyl (C=O) groups is 2. The third kappa shape index (κ3) is 5.05. The molecule has 29 heavy (non-hydrogen) atoms. The number of hydrogen-bond acceptors (Lipinski definition) is 5. The Hall–Kier alpha value is -2.64. The van der Waals surface area contributed by atoms with Crippen LogP contribution in [0.25, 0.3) is 0 Å². The first kappa shape index (κ1) is 19.7. The summed E-state index contributed by atoms with van der Waals surface area (Å²) in [6.07, 6.45) is 2.08. The SMILES string of the molecule is O=C(C[C@H]1SC(=Nc2ccccc2)N(C[C@@H]2CCCO2)C1=O)Nc1ccccc1. The standard InChI is InChI=1S/C22H23N3O3S/c26-20(23-16-8-3-1-4-9-16)14-19-21(27)25(15-18-12-7-13-28-18)22(29-19)24-17-10-5-2-6-11-17/h1-6,8-11,18-19H,7,12-15H2,(H,23,26)/t18-,19+/m0/s1. The molecule has 0 bridgehead atoms. The Labute approximate surface area is 174 Å². The second kappa shape index (κ2) is 9.24. The summed E-state index contributed by atoms with van der Waals surface area (Å²) in [5.74, 6) is -0.261. The number of rotatable bonds is 6. The number of hydrogen-bond donors (Lipinski definition) is 1. The van der Waals surface area contributed by atoms with Crippen molar-refractivity contribution in [2.45, 2.75) is 30.6 Å². The summed E-state index contributed by atoms with van der Waals surface area (Å²) in [4.78, 5) is 31.9. The van der Waals surface area contributed by atoms with E-state index < -0.39 is 5.25 Å². The monoisotopic (exact) mass is 409 g/mol. The molecular weight excluding hydrogens is 386 g/mol. The largest absolute Gasteiger partial charge is 0.376 e. The van der Waals surface area contributed by atoms with Crippen molar-refractivity contribution < 1.29 is 14.3 Å². The molecule has 1 N–H and O–H groups in total. The molecule has 2 aliphatic heterocycles. The number of amides is 2. The van der Waals surface area contributed by atoms with Crippen LogP contribution in [0, 0.1) is 0 Å². The lowest BCUT2D eigenvalue weighted by Gasteiger charge is -2.20. The van der Waals surface area contributed by atoms with Gasteiger partial charge in [0.25, 0.3) is 0 Å². The first-order valence-corrected chi connectivity index (χ1v) is 10.7. The van der Waals surface area contributed by atoms with Gasteiger partial charge in [0, 0.05) is 18.7 Å². The van der Waals surface area contributed by atoms with Crippen molar-refractivity contribution in [2.24, 2.45) is 4.99 Å². The third-order valence-corrected chi connectivity index (χ3v) is 6.01. The van der Waals surface area contributed by atoms with Crippen LogP contribution in [0.5, 0.6) is 0 Å². The van der Waals surface area contributed by atoms with E-state index in [4.69, 9.17) is 4.74 Å². The van der Waals surface area contributed by atoms with E-state index >= 15 is 0 Å². The highest BCUT2D eigenvalue weighted by Crippen LogP contribution is 2.33. The van der Waals surface area contributed by atoms with Gasteiger partial charge in [-0.05, 0) is 37.1 Å². The molecule has 2 atom stereocenters. The van der Waals surface area contributed by atoms with Crippen LogP contribution in [-0.4, -0.2) is 46.4 Å². The van der Waals surface area contributed by atoms with Crippen molar-refractivity contribution in [3.63, 3.8) is 0 Å². The number of anilines is 1. The van der Waals surface area contributed by atoms with Gasteiger partial charge in [-0.3, -0.25) is 14.5 Å². The topological polar surface area (TPSA) is 71.0 Å². The maximum absolute atomic E-state index is 13.1. The van der Waals surface area contributed by atoms with Crippen LogP contribution in [0.1, 0.15) is 19.3 Å². The minimum absolute atomic E-state index is 0.0254. The molecule has 0 aliphatic carbocycles. The molecule has 2 amide bonds. The van der Waals surface area contributed by atoms with E-state index in [1.54, 1.807) is 4.90 Å². The fraction of sp³-hybridized carbons (Fsp3) is 0.318. The van der Waals surface area contributed by atoms with Crippen LogP contribution in [0.3, 0.4) is 0 Å². The van der Waals surface area contributed by atoms with E-state index in [2.05, 4.69) is 10.3 Å². The second-order valence-electron chi connectivity index (χ2n) is 7.04. The van der Waals surface area contributed by atoms with E-state index in [9.17, 15) is 9.59 Å². The maximum atomic E-state index is 13.1. The molecule has 2 aromatic carbocycles. The molecule has 2 aromatic rings. The summed E-state index contributed by atoms with van der Waals surface area (Å²) in [6, 6.07) is 18.8. The van der Waals surface area contributed by atoms with Gasteiger partial charge < -0.3 is 10.1 Å². The van der Waals surface area contributed by atoms with Crippen LogP contribution in [-0.2, 0) is 14.3 Å². The summed E-state index contributed by atoms with van der Waals surface area (Å²) in [5, 5.41) is 3.00. The van der Waals surface area contributed by atoms with Crippen LogP contribution in [0.15, 0.2) is 65.7 Å². The lowest BCUT2D eigenvalue weighted by atomic mass is 10.2. The molecule has 7 heteroatoms. The van der Waals surface area contributed by atoms with Crippen LogP contribution in [0.4, 0.5) is 11.4 Å². The Bertz CT molecular complexity index is 883. The molecule has 0 saturated carbocycles. The van der Waals surface area contributed by atoms with E-state index in [-0.39, 0.29) is 24.3 Å². The van der Waals surface area contributed by atoms with Gasteiger partial charge in [0.15, 0.2) is 5.17 Å². The van der Waals surface area contributed by atoms with Gasteiger partial charge >= 0.3 is 0 Å². The Morgan fingerprint density at radius 2 is 1.86 bits per heavy atom. The van der Waals surface area contributed by atoms with Crippen molar-refractivity contribution in [1.29, 1.82) is 0 Å². The van der Waals surface area contributed by atoms with E-state index in [1.165, 1.54) is 11.8 Å². The van der Waals surface area contributed by atoms with Gasteiger partial charge in [-0.2, -0.15) is 0 Å². The fourth-order valence-electron chi connectivity index (χ4n) is 3.40. The molecule has 2 heterocycles. The number of thioether (sulfide) groups is 1. The zero-order valence-corrected chi connectivity index (χ0v) is 16.8. The van der Waals surface area contributed by atoms with Crippen LogP contribution >= 0.6 is 11.8 Å². The van der Waals surface area contributed by atoms with Crippen molar-refractivity contribution in [2.75, 3.05) is 18.5 Å². The van der Waals surface area contributed by atoms with E-state index in [0.29, 0.717) is 11.7 Å². The Morgan fingerprint density at radius 3 is 2.55 bits per heavy atom. The zero-order valence-electron chi connectivity index (χ0n) is 16.0. The van der Waals surface area contributed by atoms with Gasteiger partial charge in [-0.25, -0.2) is 4.99 Å². The van der Waals surface area contributed by atoms with Crippen molar-refractivity contribution in [1.82, 2.24) is 4.90 Å². The highest BCUT2D eigenvalue weighted by molar-refractivity contribution is 8.15. The molecule has 0 unspecified atom stereocenters. The summed E-state index contributed by atoms with van der Waals surface area (Å²) in [7, 11) is 0. The second-order valence-corrected chi connectivity index (χ2v) is 8.21. The predicted octanol–water partition coefficient (Wildman–Crippen LogP) is 3.83. The summed E-state index contributed by atoms with van der Waals surface area (Å²) >= 11 is 1.35. The van der Waals surface area contributed by atoms with Crippen molar-refractivity contribution in [3.8, 4) is 0 Å². The average Bonchev–Trinajstić information content (AvgIpc) is 3.34. The summed E-state index contributed by atoms with van der Waals surface area (Å²) in [5.41, 5.74) is 1.51. The lowest BCUT2D eigenvalue weighted by molar-refractivity contribution is -0.129. The van der Waals surface area contributed by atoms with Crippen LogP contribution < -0.4 is 5.32 Å². The molecular formula is C22H23N3O3S. The Balaban J connectivity index is 1.48. The summed E-state index contributed by atoms with van der Waals surface area (Å²) in [6.45, 7) is 1.21. The van der Waals surface area contributed by atoms with Gasteiger partial charge in [0.05, 0.1) is 18.3 Å². The average molecular weight is 410 g/mol. The Morgan fingerprint density at radius 1 is 1.14 bits per heavy atom. The molecule has 0 radical (unpaired) electrons. The maximum Gasteiger partial charge on any atom is 0.242 e. The highest BCUT2D eigenvalue weighted by atomic mass is 32.2. The number of nitrogens with one attached hydrogen (secondary N) is 1. The third-order valence-electron chi connectivity index (χ3n) is 4.84. The molecule has 2 aliphatic rings. The Kier molecular flexibility index (Phi) is 6.27. The number of aliphatic imine (C=N–C) groups is 1. The molecule has 2 fully saturated rings. The van der Waals surface area contributed by atoms with Gasteiger partial charge in [0.2, 0.25) is 11.8 Å². The number of para-hydroxylation sites is 2. The number of carbonyl (C=O) groups excluding carboxylic acids is 2. The molecule has 4 rings (SSSR count). The number of nitrogens with zero attached hydrogens (tertiary/aromatic N) is 2. The first-order valence-electron chi connectivity index (χ1n) is 9.77. The zero-order chi connectivity index (χ0) is 20.1. The predicted molar refractivity (Wildman–Crippen MR) is 115 cm³/mol. The summed E-state index contributed by atoms with van der Waals surface area (Å²) < 4.78 is 5.72. The van der Waals surface area contributed by atoms with Gasteiger partial charge in [0.1, 0.15) is 5.25 Å². The van der Waals surface area contributed by atoms with Gasteiger partial charge in [-0.15, -0.1) is 0 Å². The minimum atomic E-state index is -0.484. The minimum Gasteiger partial charge on any atom is -0.376 e. The van der Waals surface area contributed by atoms with Crippen molar-refractivity contribution in [3.05, 3.63) is 60.7 Å². The molecule has 0 aromatic heterocycles. The normalized spacial score (nSPS) is 23.0. The molecule has 0 spiro atoms. The first-order chi connectivity index (χ1) is 14.2. The van der Waals surface area contributed by atoms with Crippen LogP contribution in [0.2, 0.25) is 0 Å². The smallest absolute Gasteiger partial charge is 0.242 e. The number of benzene rings is 2. The lowest BCUT2D eigenvalue weighted by Crippen LogP contribution is -2.38. The highest BCUT2D eigenvalue weighted by Gasteiger charge is 2.40. The molecule has 150 valence electrons. The van der Waals surface area contributed by atoms with Gasteiger partial charge in [-0.1, -0.05) is 48.2 Å². The van der Waals surface area contributed by atoms with E-state index in [0.717, 1.165) is 30.8 Å². The fourth-order valence-corrected chi connectivity index (χ4v) is 4.57. The number of ether oxygens (including phenoxy) is 1. The quantitative estimate of drug-likeness (QED) is 0.787. The molecule has 6 nitrogen and oxygen atoms in total. The number of amidine groups is 1. The van der Waals surface area contributed by atoms with Crippen molar-refractivity contribution >= 4 is 40.1 Å².